The molecule has 2 aromatic rings. The molecule has 0 spiro atoms. The Morgan fingerprint density at radius 1 is 1.19 bits per heavy atom. The summed E-state index contributed by atoms with van der Waals surface area (Å²) in [6, 6.07) is 7.13. The number of carbonyl (C=O) groups is 1. The number of anilines is 2. The third kappa shape index (κ3) is 4.71. The van der Waals surface area contributed by atoms with Crippen LogP contribution in [0.4, 0.5) is 17.1 Å². The molecule has 0 bridgehead atoms. The van der Waals surface area contributed by atoms with E-state index in [4.69, 9.17) is 10.2 Å². The molecule has 0 fully saturated rings. The van der Waals surface area contributed by atoms with E-state index in [1.54, 1.807) is 0 Å². The number of carboxylic acid groups (broad SMARTS) is 1. The quantitative estimate of drug-likeness (QED) is 0.389. The van der Waals surface area contributed by atoms with Gasteiger partial charge >= 0.3 is 5.97 Å². The number of nitrogens with one attached hydrogen (secondary N) is 2. The van der Waals surface area contributed by atoms with Crippen LogP contribution in [0.3, 0.4) is 0 Å². The van der Waals surface area contributed by atoms with Crippen LogP contribution >= 0.6 is 0 Å². The van der Waals surface area contributed by atoms with Crippen LogP contribution in [0.5, 0.6) is 0 Å². The van der Waals surface area contributed by atoms with Crippen LogP contribution in [-0.2, 0) is 10.0 Å². The van der Waals surface area contributed by atoms with Gasteiger partial charge in [-0.05, 0) is 30.7 Å². The van der Waals surface area contributed by atoms with E-state index in [0.29, 0.717) is 5.56 Å². The summed E-state index contributed by atoms with van der Waals surface area (Å²) in [5.41, 5.74) is 0.00826. The lowest BCUT2D eigenvalue weighted by molar-refractivity contribution is -0.384. The first-order valence-corrected chi connectivity index (χ1v) is 9.14. The van der Waals surface area contributed by atoms with Crippen LogP contribution in [0.15, 0.2) is 41.3 Å². The van der Waals surface area contributed by atoms with Gasteiger partial charge in [-0.15, -0.1) is 0 Å². The van der Waals surface area contributed by atoms with Gasteiger partial charge in [0.1, 0.15) is 0 Å². The van der Waals surface area contributed by atoms with Crippen molar-refractivity contribution < 1.29 is 28.3 Å². The van der Waals surface area contributed by atoms with E-state index in [2.05, 4.69) is 10.0 Å². The van der Waals surface area contributed by atoms with Crippen molar-refractivity contribution in [1.82, 2.24) is 0 Å². The van der Waals surface area contributed by atoms with Crippen molar-refractivity contribution in [3.63, 3.8) is 0 Å². The zero-order valence-electron chi connectivity index (χ0n) is 14.2. The Kier molecular flexibility index (Phi) is 5.98. The van der Waals surface area contributed by atoms with Gasteiger partial charge < -0.3 is 15.5 Å². The molecule has 27 heavy (non-hydrogen) atoms. The number of sulfonamides is 1. The van der Waals surface area contributed by atoms with Crippen molar-refractivity contribution in [3.05, 3.63) is 57.6 Å². The molecule has 2 rings (SSSR count). The molecule has 144 valence electrons. The number of hydrogen-bond donors (Lipinski definition) is 4. The van der Waals surface area contributed by atoms with Crippen LogP contribution in [0.1, 0.15) is 15.9 Å². The van der Waals surface area contributed by atoms with Crippen molar-refractivity contribution >= 4 is 33.1 Å². The average molecular weight is 395 g/mol. The Labute approximate surface area is 154 Å². The van der Waals surface area contributed by atoms with Crippen LogP contribution in [0, 0.1) is 17.0 Å². The Bertz CT molecular complexity index is 990. The van der Waals surface area contributed by atoms with Gasteiger partial charge in [-0.1, -0.05) is 6.07 Å². The largest absolute Gasteiger partial charge is 0.478 e. The molecule has 2 aromatic carbocycles. The maximum absolute atomic E-state index is 12.6. The van der Waals surface area contributed by atoms with Gasteiger partial charge in [-0.25, -0.2) is 13.2 Å². The van der Waals surface area contributed by atoms with E-state index in [1.807, 2.05) is 0 Å². The highest BCUT2D eigenvalue weighted by molar-refractivity contribution is 7.92. The van der Waals surface area contributed by atoms with Crippen molar-refractivity contribution in [2.45, 2.75) is 11.8 Å². The number of non-ortho nitro benzene ring substituents is 1. The number of aliphatic hydroxyl groups excluding tert-OH is 1. The van der Waals surface area contributed by atoms with E-state index in [1.165, 1.54) is 31.2 Å². The Balaban J connectivity index is 2.47. The molecule has 0 unspecified atom stereocenters. The van der Waals surface area contributed by atoms with Gasteiger partial charge in [0.05, 0.1) is 33.4 Å². The first-order chi connectivity index (χ1) is 12.7. The maximum Gasteiger partial charge on any atom is 0.335 e. The Hall–Kier alpha value is -3.18. The highest BCUT2D eigenvalue weighted by Crippen LogP contribution is 2.29. The number of nitrogens with zero attached hydrogens (tertiary/aromatic N) is 1. The number of nitro benzene ring substituents is 1. The molecule has 0 aromatic heterocycles. The maximum atomic E-state index is 12.6. The molecule has 11 heteroatoms. The van der Waals surface area contributed by atoms with Gasteiger partial charge in [0.15, 0.2) is 0 Å². The lowest BCUT2D eigenvalue weighted by Gasteiger charge is -2.14. The van der Waals surface area contributed by atoms with Gasteiger partial charge in [0.2, 0.25) is 0 Å². The molecule has 4 N–H and O–H groups in total. The number of aromatic carboxylic acids is 1. The van der Waals surface area contributed by atoms with Crippen molar-refractivity contribution in [2.75, 3.05) is 23.2 Å². The molecule has 0 atom stereocenters. The molecule has 10 nitrogen and oxygen atoms in total. The molecule has 0 radical (unpaired) electrons. The topological polar surface area (TPSA) is 159 Å². The third-order valence-electron chi connectivity index (χ3n) is 3.64. The number of nitro groups is 1. The minimum atomic E-state index is -4.21. The predicted octanol–water partition coefficient (Wildman–Crippen LogP) is 1.81. The lowest BCUT2D eigenvalue weighted by atomic mass is 10.1. The summed E-state index contributed by atoms with van der Waals surface area (Å²) in [5.74, 6) is -1.27. The molecule has 0 aliphatic heterocycles. The minimum absolute atomic E-state index is 0.0975. The molecule has 0 amide bonds. The molecule has 0 heterocycles. The second kappa shape index (κ2) is 8.01. The lowest BCUT2D eigenvalue weighted by Crippen LogP contribution is -2.16. The summed E-state index contributed by atoms with van der Waals surface area (Å²) < 4.78 is 27.5. The number of rotatable bonds is 8. The van der Waals surface area contributed by atoms with Crippen LogP contribution in [-0.4, -0.2) is 42.7 Å². The van der Waals surface area contributed by atoms with E-state index < -0.39 is 20.9 Å². The minimum Gasteiger partial charge on any atom is -0.478 e. The fraction of sp³-hybridized carbons (Fsp3) is 0.188. The molecular weight excluding hydrogens is 378 g/mol. The summed E-state index contributed by atoms with van der Waals surface area (Å²) >= 11 is 0. The molecular formula is C16H17N3O7S. The summed E-state index contributed by atoms with van der Waals surface area (Å²) in [5, 5.41) is 31.8. The van der Waals surface area contributed by atoms with E-state index >= 15 is 0 Å². The molecule has 0 saturated heterocycles. The first-order valence-electron chi connectivity index (χ1n) is 7.65. The van der Waals surface area contributed by atoms with Crippen molar-refractivity contribution in [3.8, 4) is 0 Å². The standard InChI is InChI=1S/C16H17N3O7S/c1-10-2-4-12(9-13(10)16(21)22)27(25,26)18-15-8-11(19(23)24)3-5-14(15)17-6-7-20/h2-5,8-9,17-18,20H,6-7H2,1H3,(H,21,22). The van der Waals surface area contributed by atoms with E-state index in [-0.39, 0.29) is 40.7 Å². The number of carboxylic acids is 1. The van der Waals surface area contributed by atoms with E-state index in [9.17, 15) is 23.3 Å². The van der Waals surface area contributed by atoms with Crippen molar-refractivity contribution in [1.29, 1.82) is 0 Å². The molecule has 0 saturated carbocycles. The zero-order valence-corrected chi connectivity index (χ0v) is 15.0. The van der Waals surface area contributed by atoms with Crippen LogP contribution < -0.4 is 10.0 Å². The highest BCUT2D eigenvalue weighted by Gasteiger charge is 2.21. The molecule has 0 aliphatic carbocycles. The Morgan fingerprint density at radius 2 is 1.89 bits per heavy atom. The smallest absolute Gasteiger partial charge is 0.335 e. The SMILES string of the molecule is Cc1ccc(S(=O)(=O)Nc2cc([N+](=O)[O-])ccc2NCCO)cc1C(=O)O. The fourth-order valence-corrected chi connectivity index (χ4v) is 3.37. The van der Waals surface area contributed by atoms with Crippen molar-refractivity contribution in [2.24, 2.45) is 0 Å². The normalized spacial score (nSPS) is 11.0. The van der Waals surface area contributed by atoms with Gasteiger partial charge in [-0.3, -0.25) is 14.8 Å². The predicted molar refractivity (Wildman–Crippen MR) is 97.6 cm³/mol. The summed E-state index contributed by atoms with van der Waals surface area (Å²) in [7, 11) is -4.21. The van der Waals surface area contributed by atoms with Crippen LogP contribution in [0.25, 0.3) is 0 Å². The fourth-order valence-electron chi connectivity index (χ4n) is 2.28. The summed E-state index contributed by atoms with van der Waals surface area (Å²) in [6.45, 7) is 1.40. The van der Waals surface area contributed by atoms with Gasteiger partial charge in [0.25, 0.3) is 15.7 Å². The number of hydrogen-bond acceptors (Lipinski definition) is 7. The number of aryl methyl sites for hydroxylation is 1. The van der Waals surface area contributed by atoms with E-state index in [0.717, 1.165) is 12.1 Å². The number of aliphatic hydroxyl groups is 1. The second-order valence-corrected chi connectivity index (χ2v) is 7.21. The second-order valence-electron chi connectivity index (χ2n) is 5.52. The monoisotopic (exact) mass is 395 g/mol. The first kappa shape index (κ1) is 20.1. The highest BCUT2D eigenvalue weighted by atomic mass is 32.2. The molecule has 0 aliphatic rings. The van der Waals surface area contributed by atoms with Crippen LogP contribution in [0.2, 0.25) is 0 Å². The third-order valence-corrected chi connectivity index (χ3v) is 5.00. The van der Waals surface area contributed by atoms with Gasteiger partial charge in [0, 0.05) is 18.7 Å². The Morgan fingerprint density at radius 3 is 2.48 bits per heavy atom. The summed E-state index contributed by atoms with van der Waals surface area (Å²) in [6.07, 6.45) is 0. The number of benzene rings is 2. The van der Waals surface area contributed by atoms with Gasteiger partial charge in [-0.2, -0.15) is 0 Å². The summed E-state index contributed by atoms with van der Waals surface area (Å²) in [4.78, 5) is 21.2. The zero-order chi connectivity index (χ0) is 20.2. The average Bonchev–Trinajstić information content (AvgIpc) is 2.60.